The number of carbonyl (C=O) groups is 1. The van der Waals surface area contributed by atoms with Crippen molar-refractivity contribution in [3.05, 3.63) is 93.5 Å². The van der Waals surface area contributed by atoms with Gasteiger partial charge in [0.1, 0.15) is 11.4 Å². The minimum absolute atomic E-state index is 0.0157. The Kier molecular flexibility index (Phi) is 6.70. The standard InChI is InChI=1S/C25H22ClN5O3/c1-3-29(4-2)20-13-11-19(12-14-20)27-24-23(17-8-6-5-7-9-17)28-30(25(24)32)22-16-18(26)10-15-21(22)31(33)34/h5-16H,3-4H2,1-2H3. The highest BCUT2D eigenvalue weighted by Gasteiger charge is 2.37. The van der Waals surface area contributed by atoms with Gasteiger partial charge >= 0.3 is 0 Å². The molecule has 0 saturated carbocycles. The Morgan fingerprint density at radius 2 is 1.71 bits per heavy atom. The van der Waals surface area contributed by atoms with Crippen LogP contribution in [-0.2, 0) is 4.79 Å². The lowest BCUT2D eigenvalue weighted by molar-refractivity contribution is -0.384. The van der Waals surface area contributed by atoms with Crippen molar-refractivity contribution in [2.75, 3.05) is 23.0 Å². The molecule has 1 heterocycles. The van der Waals surface area contributed by atoms with Crippen LogP contribution >= 0.6 is 11.6 Å². The van der Waals surface area contributed by atoms with Crippen LogP contribution in [0.5, 0.6) is 0 Å². The SMILES string of the molecule is CCN(CC)c1ccc(N=C2C(=O)N(c3cc(Cl)ccc3[N+](=O)[O-])N=C2c2ccccc2)cc1. The lowest BCUT2D eigenvalue weighted by atomic mass is 10.1. The van der Waals surface area contributed by atoms with Gasteiger partial charge in [-0.25, -0.2) is 4.99 Å². The molecule has 1 aliphatic heterocycles. The van der Waals surface area contributed by atoms with Gasteiger partial charge in [-0.1, -0.05) is 41.9 Å². The molecule has 0 spiro atoms. The average Bonchev–Trinajstić information content (AvgIpc) is 3.17. The van der Waals surface area contributed by atoms with Crippen molar-refractivity contribution < 1.29 is 9.72 Å². The second-order valence-corrected chi connectivity index (χ2v) is 7.91. The maximum atomic E-state index is 13.5. The van der Waals surface area contributed by atoms with E-state index >= 15 is 0 Å². The van der Waals surface area contributed by atoms with Gasteiger partial charge in [0.05, 0.1) is 10.6 Å². The molecule has 1 aliphatic rings. The van der Waals surface area contributed by atoms with Crippen LogP contribution in [0.25, 0.3) is 0 Å². The first-order valence-electron chi connectivity index (χ1n) is 10.8. The van der Waals surface area contributed by atoms with Gasteiger partial charge in [0.2, 0.25) is 0 Å². The first-order chi connectivity index (χ1) is 16.4. The van der Waals surface area contributed by atoms with Crippen LogP contribution in [0.2, 0.25) is 5.02 Å². The number of hydrogen-bond donors (Lipinski definition) is 0. The molecule has 0 atom stereocenters. The van der Waals surface area contributed by atoms with E-state index in [1.54, 1.807) is 12.1 Å². The Bertz CT molecular complexity index is 1290. The smallest absolute Gasteiger partial charge is 0.299 e. The number of hydrazone groups is 1. The maximum absolute atomic E-state index is 13.5. The topological polar surface area (TPSA) is 91.4 Å². The second kappa shape index (κ2) is 9.84. The molecule has 0 fully saturated rings. The minimum Gasteiger partial charge on any atom is -0.372 e. The number of benzene rings is 3. The predicted octanol–water partition coefficient (Wildman–Crippen LogP) is 5.62. The summed E-state index contributed by atoms with van der Waals surface area (Å²) in [6.07, 6.45) is 0. The van der Waals surface area contributed by atoms with Crippen molar-refractivity contribution in [3.63, 3.8) is 0 Å². The van der Waals surface area contributed by atoms with Gasteiger partial charge in [0, 0.05) is 35.4 Å². The summed E-state index contributed by atoms with van der Waals surface area (Å²) in [5, 5.41) is 17.3. The molecule has 0 aromatic heterocycles. The summed E-state index contributed by atoms with van der Waals surface area (Å²) in [4.78, 5) is 31.3. The molecule has 0 bridgehead atoms. The number of aliphatic imine (C=N–C) groups is 1. The van der Waals surface area contributed by atoms with Gasteiger partial charge in [-0.15, -0.1) is 0 Å². The van der Waals surface area contributed by atoms with E-state index < -0.39 is 10.8 Å². The number of rotatable bonds is 7. The third-order valence-corrected chi connectivity index (χ3v) is 5.68. The summed E-state index contributed by atoms with van der Waals surface area (Å²) in [6.45, 7) is 5.92. The molecule has 9 heteroatoms. The molecular weight excluding hydrogens is 454 g/mol. The number of hydrogen-bond acceptors (Lipinski definition) is 6. The number of carbonyl (C=O) groups excluding carboxylic acids is 1. The lowest BCUT2D eigenvalue weighted by Crippen LogP contribution is -2.28. The van der Waals surface area contributed by atoms with Crippen LogP contribution in [-0.4, -0.2) is 35.3 Å². The fourth-order valence-electron chi connectivity index (χ4n) is 3.73. The molecule has 0 unspecified atom stereocenters. The average molecular weight is 476 g/mol. The summed E-state index contributed by atoms with van der Waals surface area (Å²) < 4.78 is 0. The Labute approximate surface area is 201 Å². The molecule has 172 valence electrons. The van der Waals surface area contributed by atoms with Crippen LogP contribution in [0.1, 0.15) is 19.4 Å². The zero-order valence-electron chi connectivity index (χ0n) is 18.7. The highest BCUT2D eigenvalue weighted by Crippen LogP contribution is 2.34. The molecular formula is C25H22ClN5O3. The van der Waals surface area contributed by atoms with Crippen molar-refractivity contribution in [2.24, 2.45) is 10.1 Å². The minimum atomic E-state index is -0.572. The highest BCUT2D eigenvalue weighted by atomic mass is 35.5. The Balaban J connectivity index is 1.80. The van der Waals surface area contributed by atoms with E-state index in [1.165, 1.54) is 18.2 Å². The van der Waals surface area contributed by atoms with E-state index in [4.69, 9.17) is 11.6 Å². The molecule has 8 nitrogen and oxygen atoms in total. The number of nitrogens with zero attached hydrogens (tertiary/aromatic N) is 5. The highest BCUT2D eigenvalue weighted by molar-refractivity contribution is 6.74. The first-order valence-corrected chi connectivity index (χ1v) is 11.2. The number of nitro benzene ring substituents is 1. The zero-order valence-corrected chi connectivity index (χ0v) is 19.4. The van der Waals surface area contributed by atoms with Gasteiger partial charge in [0.15, 0.2) is 5.71 Å². The van der Waals surface area contributed by atoms with Gasteiger partial charge in [0.25, 0.3) is 11.6 Å². The lowest BCUT2D eigenvalue weighted by Gasteiger charge is -2.20. The number of nitro groups is 1. The van der Waals surface area contributed by atoms with Crippen molar-refractivity contribution in [3.8, 4) is 0 Å². The van der Waals surface area contributed by atoms with Gasteiger partial charge in [-0.2, -0.15) is 10.1 Å². The fourth-order valence-corrected chi connectivity index (χ4v) is 3.89. The molecule has 1 amide bonds. The van der Waals surface area contributed by atoms with Crippen molar-refractivity contribution in [1.29, 1.82) is 0 Å². The van der Waals surface area contributed by atoms with Crippen LogP contribution in [0.4, 0.5) is 22.7 Å². The second-order valence-electron chi connectivity index (χ2n) is 7.47. The van der Waals surface area contributed by atoms with Crippen LogP contribution in [0, 0.1) is 10.1 Å². The quantitative estimate of drug-likeness (QED) is 0.327. The van der Waals surface area contributed by atoms with E-state index in [0.29, 0.717) is 17.0 Å². The van der Waals surface area contributed by atoms with E-state index in [0.717, 1.165) is 23.8 Å². The third kappa shape index (κ3) is 4.53. The summed E-state index contributed by atoms with van der Waals surface area (Å²) in [5.74, 6) is -0.572. The largest absolute Gasteiger partial charge is 0.372 e. The van der Waals surface area contributed by atoms with E-state index in [9.17, 15) is 14.9 Å². The normalized spacial score (nSPS) is 14.4. The summed E-state index contributed by atoms with van der Waals surface area (Å²) in [7, 11) is 0. The van der Waals surface area contributed by atoms with Crippen molar-refractivity contribution >= 4 is 51.7 Å². The maximum Gasteiger partial charge on any atom is 0.299 e. The number of amides is 1. The first kappa shape index (κ1) is 23.1. The molecule has 0 saturated heterocycles. The van der Waals surface area contributed by atoms with Gasteiger partial charge in [-0.3, -0.25) is 14.9 Å². The summed E-state index contributed by atoms with van der Waals surface area (Å²) in [5.41, 5.74) is 2.42. The molecule has 0 N–H and O–H groups in total. The monoisotopic (exact) mass is 475 g/mol. The molecule has 4 rings (SSSR count). The van der Waals surface area contributed by atoms with Crippen LogP contribution in [0.15, 0.2) is 82.9 Å². The Hall–Kier alpha value is -4.04. The molecule has 0 radical (unpaired) electrons. The van der Waals surface area contributed by atoms with E-state index in [1.807, 2.05) is 42.5 Å². The molecule has 3 aromatic rings. The molecule has 3 aromatic carbocycles. The third-order valence-electron chi connectivity index (χ3n) is 5.45. The van der Waals surface area contributed by atoms with Crippen LogP contribution in [0.3, 0.4) is 0 Å². The van der Waals surface area contributed by atoms with Crippen molar-refractivity contribution in [2.45, 2.75) is 13.8 Å². The van der Waals surface area contributed by atoms with Crippen molar-refractivity contribution in [1.82, 2.24) is 0 Å². The molecule has 34 heavy (non-hydrogen) atoms. The Morgan fingerprint density at radius 3 is 2.32 bits per heavy atom. The fraction of sp³-hybridized carbons (Fsp3) is 0.160. The van der Waals surface area contributed by atoms with E-state index in [-0.39, 0.29) is 22.1 Å². The molecule has 0 aliphatic carbocycles. The predicted molar refractivity (Wildman–Crippen MR) is 136 cm³/mol. The summed E-state index contributed by atoms with van der Waals surface area (Å²) in [6, 6.07) is 20.7. The van der Waals surface area contributed by atoms with Gasteiger partial charge < -0.3 is 4.90 Å². The number of halogens is 1. The number of anilines is 2. The Morgan fingerprint density at radius 1 is 1.03 bits per heavy atom. The summed E-state index contributed by atoms with van der Waals surface area (Å²) >= 11 is 6.09. The zero-order chi connectivity index (χ0) is 24.2. The van der Waals surface area contributed by atoms with Gasteiger partial charge in [-0.05, 0) is 50.2 Å². The van der Waals surface area contributed by atoms with E-state index in [2.05, 4.69) is 28.8 Å². The van der Waals surface area contributed by atoms with Crippen LogP contribution < -0.4 is 9.91 Å².